The third-order valence-corrected chi connectivity index (χ3v) is 9.68. The zero-order valence-electron chi connectivity index (χ0n) is 37.6. The zero-order valence-corrected chi connectivity index (χ0v) is 40.8. The number of carbonyl (C=O) groups excluding carboxylic acids is 4. The second-order valence-corrected chi connectivity index (χ2v) is 17.3. The molecule has 0 saturated carbocycles. The van der Waals surface area contributed by atoms with Gasteiger partial charge in [-0.3, -0.25) is 24.0 Å². The summed E-state index contributed by atoms with van der Waals surface area (Å²) in [6.07, 6.45) is 0.766. The quantitative estimate of drug-likeness (QED) is 0.0175. The summed E-state index contributed by atoms with van der Waals surface area (Å²) in [7, 11) is 0. The average Bonchev–Trinajstić information content (AvgIpc) is 3.77. The highest BCUT2D eigenvalue weighted by Gasteiger charge is 2.24. The van der Waals surface area contributed by atoms with Gasteiger partial charge in [0.05, 0.1) is 5.75 Å². The molecule has 0 unspecified atom stereocenters. The Labute approximate surface area is 414 Å². The summed E-state index contributed by atoms with van der Waals surface area (Å²) >= 11 is 16.4. The normalized spacial score (nSPS) is 12.2. The standard InChI is InChI=1S/C13H22N2O6S2.C11H16N6O6S.C11H21N3O4S.CO2/c1-13(2,3)23-6-9(21-7-16)15-12(22)14-8(11(19)20)4-5-10(17)18;18-5-23-8(3-2-7-14-16-17-15-7)13-11(24)12-6(10(21)22)1-4-9(19)20;12-6-2-1-4-8(10(17)18)14-11(19)13-7-3-5-9(15)16;2-1-3/h7-9H,4-6H2,1-3H3,(H,17,18)(H,19,20)(H2,14,15,22);5-6,8H,1-4H2,(H,19,20)(H,21,22)(H2,12,13,24)(H,14,15,16,17);8H,1-7,12H2,(H,15,16)(H,17,18)(H2,13,14,19);/t8-,9+;6-,8+;8-;/m000./s1. The van der Waals surface area contributed by atoms with Crippen LogP contribution in [0.15, 0.2) is 0 Å². The van der Waals surface area contributed by atoms with Gasteiger partial charge in [-0.1, -0.05) is 26.0 Å². The highest BCUT2D eigenvalue weighted by atomic mass is 32.2. The number of thioether (sulfide) groups is 1. The molecule has 0 aliphatic heterocycles. The Morgan fingerprint density at radius 3 is 1.55 bits per heavy atom. The number of hydrogen-bond acceptors (Lipinski definition) is 20. The van der Waals surface area contributed by atoms with Crippen LogP contribution in [0.5, 0.6) is 0 Å². The predicted octanol–water partition coefficient (Wildman–Crippen LogP) is -1.47. The van der Waals surface area contributed by atoms with Gasteiger partial charge in [-0.2, -0.15) is 26.6 Å². The van der Waals surface area contributed by atoms with Gasteiger partial charge in [0.15, 0.2) is 33.6 Å². The smallest absolute Gasteiger partial charge is 0.373 e. The molecule has 0 aliphatic carbocycles. The highest BCUT2D eigenvalue weighted by molar-refractivity contribution is 8.00. The Morgan fingerprint density at radius 2 is 1.14 bits per heavy atom. The van der Waals surface area contributed by atoms with Crippen LogP contribution in [0.1, 0.15) is 90.8 Å². The Bertz CT molecular complexity index is 1790. The maximum absolute atomic E-state index is 11.1. The van der Waals surface area contributed by atoms with Crippen LogP contribution < -0.4 is 37.6 Å². The van der Waals surface area contributed by atoms with Gasteiger partial charge in [-0.25, -0.2) is 14.4 Å². The number of aromatic amines is 1. The van der Waals surface area contributed by atoms with E-state index in [1.807, 2.05) is 20.8 Å². The second kappa shape index (κ2) is 40.6. The van der Waals surface area contributed by atoms with E-state index >= 15 is 0 Å². The SMILES string of the molecule is CC(C)(C)SC[C@H](NC(=S)N[C@@H](CCC(=O)O)C(=O)O)OC=O.NCCCC[C@H](NC(=S)NCCCC(=O)O)C(=O)O.O=C=O.O=CO[C@H](CCc1nn[nH]n1)NC(=S)N[C@@H](CCC(=O)O)C(=O)O. The molecule has 0 fully saturated rings. The Balaban J connectivity index is -0.000000925. The number of nitrogens with two attached hydrogens (primary N) is 1. The van der Waals surface area contributed by atoms with Crippen molar-refractivity contribution in [3.05, 3.63) is 5.82 Å². The monoisotopic (exact) mass is 1060 g/mol. The van der Waals surface area contributed by atoms with Crippen LogP contribution in [0.3, 0.4) is 0 Å². The summed E-state index contributed by atoms with van der Waals surface area (Å²) in [5.41, 5.74) is 5.34. The molecule has 5 atom stereocenters. The number of H-pyrrole nitrogens is 1. The van der Waals surface area contributed by atoms with E-state index in [0.29, 0.717) is 50.4 Å². The lowest BCUT2D eigenvalue weighted by Gasteiger charge is -2.24. The number of aliphatic carboxylic acids is 6. The molecular weight excluding hydrogens is 1000 g/mol. The van der Waals surface area contributed by atoms with Gasteiger partial charge in [0.1, 0.15) is 18.1 Å². The molecule has 0 bridgehead atoms. The number of rotatable bonds is 31. The fraction of sp³-hybridized carbons (Fsp3) is 0.639. The van der Waals surface area contributed by atoms with Gasteiger partial charge in [-0.05, 0) is 81.7 Å². The first-order valence-corrected chi connectivity index (χ1v) is 22.3. The summed E-state index contributed by atoms with van der Waals surface area (Å²) in [5, 5.41) is 81.8. The van der Waals surface area contributed by atoms with Crippen molar-refractivity contribution < 1.29 is 88.1 Å². The first-order valence-electron chi connectivity index (χ1n) is 20.1. The summed E-state index contributed by atoms with van der Waals surface area (Å²) in [6, 6.07) is -3.07. The van der Waals surface area contributed by atoms with Crippen molar-refractivity contribution in [2.24, 2.45) is 5.73 Å². The molecule has 0 spiro atoms. The maximum atomic E-state index is 11.1. The Morgan fingerprint density at radius 1 is 0.696 bits per heavy atom. The molecule has 0 aliphatic rings. The predicted molar refractivity (Wildman–Crippen MR) is 251 cm³/mol. The van der Waals surface area contributed by atoms with Gasteiger partial charge in [0.2, 0.25) is 0 Å². The lowest BCUT2D eigenvalue weighted by atomic mass is 10.1. The van der Waals surface area contributed by atoms with Crippen LogP contribution in [-0.2, 0) is 63.8 Å². The number of nitrogens with zero attached hydrogens (tertiary/aromatic N) is 3. The number of tetrazole rings is 1. The minimum Gasteiger partial charge on any atom is -0.481 e. The van der Waals surface area contributed by atoms with Gasteiger partial charge < -0.3 is 77.7 Å². The van der Waals surface area contributed by atoms with Crippen molar-refractivity contribution in [2.75, 3.05) is 18.8 Å². The molecule has 0 amide bonds. The molecule has 0 saturated heterocycles. The largest absolute Gasteiger partial charge is 0.481 e. The number of unbranched alkanes of at least 4 members (excludes halogenated alkanes) is 1. The number of thiocarbonyl (C=S) groups is 3. The van der Waals surface area contributed by atoms with Gasteiger partial charge in [-0.15, -0.1) is 10.2 Å². The van der Waals surface area contributed by atoms with Crippen LogP contribution in [0.2, 0.25) is 0 Å². The lowest BCUT2D eigenvalue weighted by molar-refractivity contribution is -0.192. The number of nitrogens with one attached hydrogen (secondary N) is 7. The fourth-order valence-corrected chi connectivity index (χ4v) is 6.05. The van der Waals surface area contributed by atoms with Crippen molar-refractivity contribution in [3.8, 4) is 0 Å². The van der Waals surface area contributed by atoms with Crippen molar-refractivity contribution >= 4 is 119 Å². The first-order chi connectivity index (χ1) is 32.3. The van der Waals surface area contributed by atoms with Crippen molar-refractivity contribution in [1.82, 2.24) is 52.5 Å². The average molecular weight is 1060 g/mol. The van der Waals surface area contributed by atoms with E-state index in [4.69, 9.17) is 92.1 Å². The summed E-state index contributed by atoms with van der Waals surface area (Å²) in [5.74, 6) is -5.70. The van der Waals surface area contributed by atoms with E-state index in [1.54, 1.807) is 0 Å². The second-order valence-electron chi connectivity index (χ2n) is 14.3. The number of carboxylic acid groups (broad SMARTS) is 6. The third kappa shape index (κ3) is 42.7. The van der Waals surface area contributed by atoms with E-state index in [9.17, 15) is 38.4 Å². The molecule has 29 nitrogen and oxygen atoms in total. The van der Waals surface area contributed by atoms with Crippen LogP contribution in [-0.4, -0.2) is 176 Å². The van der Waals surface area contributed by atoms with E-state index in [1.165, 1.54) is 11.8 Å². The van der Waals surface area contributed by atoms with Crippen molar-refractivity contribution in [1.29, 1.82) is 0 Å². The first kappa shape index (κ1) is 66.9. The minimum atomic E-state index is -1.25. The van der Waals surface area contributed by atoms with Gasteiger partial charge >= 0.3 is 42.0 Å². The van der Waals surface area contributed by atoms with Crippen LogP contribution in [0, 0.1) is 0 Å². The molecular formula is C36H59N11O18S4. The fourth-order valence-electron chi connectivity index (χ4n) is 4.44. The molecule has 15 N–H and O–H groups in total. The van der Waals surface area contributed by atoms with Crippen LogP contribution in [0.4, 0.5) is 0 Å². The molecule has 390 valence electrons. The topological polar surface area (TPSA) is 463 Å². The zero-order chi connectivity index (χ0) is 53.4. The lowest BCUT2D eigenvalue weighted by Crippen LogP contribution is -2.50. The van der Waals surface area contributed by atoms with Crippen molar-refractivity contribution in [3.63, 3.8) is 0 Å². The van der Waals surface area contributed by atoms with E-state index in [0.717, 1.165) is 6.42 Å². The summed E-state index contributed by atoms with van der Waals surface area (Å²) in [6.45, 7) is 7.42. The maximum Gasteiger partial charge on any atom is 0.373 e. The molecule has 1 rings (SSSR count). The number of carbonyl (C=O) groups is 8. The summed E-state index contributed by atoms with van der Waals surface area (Å²) in [4.78, 5) is 102. The molecule has 1 aromatic heterocycles. The Hall–Kier alpha value is -6.41. The number of aromatic nitrogens is 4. The molecule has 0 radical (unpaired) electrons. The summed E-state index contributed by atoms with van der Waals surface area (Å²) < 4.78 is 9.62. The number of aryl methyl sites for hydroxylation is 1. The molecule has 0 aromatic carbocycles. The highest BCUT2D eigenvalue weighted by Crippen LogP contribution is 2.23. The van der Waals surface area contributed by atoms with E-state index in [2.05, 4.69) is 52.5 Å². The van der Waals surface area contributed by atoms with Crippen LogP contribution >= 0.6 is 48.4 Å². The molecule has 33 heteroatoms. The number of hydrogen-bond donors (Lipinski definition) is 14. The third-order valence-electron chi connectivity index (χ3n) is 7.61. The van der Waals surface area contributed by atoms with Gasteiger partial charge in [0, 0.05) is 43.4 Å². The molecule has 1 heterocycles. The minimum absolute atomic E-state index is 0.0239. The number of carboxylic acids is 6. The van der Waals surface area contributed by atoms with Crippen LogP contribution in [0.25, 0.3) is 0 Å². The Kier molecular flexibility index (Phi) is 39.4. The van der Waals surface area contributed by atoms with Gasteiger partial charge in [0.25, 0.3) is 12.9 Å². The van der Waals surface area contributed by atoms with Crippen molar-refractivity contribution in [2.45, 2.75) is 127 Å². The van der Waals surface area contributed by atoms with E-state index < -0.39 is 66.4 Å². The molecule has 69 heavy (non-hydrogen) atoms. The van der Waals surface area contributed by atoms with E-state index in [-0.39, 0.29) is 77.7 Å². The number of ether oxygens (including phenoxy) is 2. The molecule has 1 aromatic rings.